The zero-order valence-electron chi connectivity index (χ0n) is 15.8. The minimum absolute atomic E-state index is 0.259. The number of piperidine rings is 1. The molecule has 0 amide bonds. The van der Waals surface area contributed by atoms with Crippen molar-refractivity contribution in [2.24, 2.45) is 5.92 Å². The summed E-state index contributed by atoms with van der Waals surface area (Å²) in [6.07, 6.45) is 3.30. The molecule has 0 saturated carbocycles. The van der Waals surface area contributed by atoms with Gasteiger partial charge in [-0.05, 0) is 81.2 Å². The molecule has 1 aliphatic heterocycles. The van der Waals surface area contributed by atoms with Gasteiger partial charge in [-0.1, -0.05) is 25.1 Å². The Bertz CT molecular complexity index is 799. The first-order chi connectivity index (χ1) is 13.0. The minimum Gasteiger partial charge on any atom is -0.457 e. The Kier molecular flexibility index (Phi) is 6.88. The van der Waals surface area contributed by atoms with Crippen molar-refractivity contribution in [1.29, 1.82) is 0 Å². The molecule has 2 aromatic carbocycles. The maximum Gasteiger partial charge on any atom is 0.240 e. The summed E-state index contributed by atoms with van der Waals surface area (Å²) in [6.45, 7) is 5.94. The first-order valence-electron chi connectivity index (χ1n) is 9.58. The van der Waals surface area contributed by atoms with E-state index in [9.17, 15) is 8.42 Å². The lowest BCUT2D eigenvalue weighted by atomic mass is 9.99. The van der Waals surface area contributed by atoms with Gasteiger partial charge in [-0.15, -0.1) is 0 Å². The fourth-order valence-corrected chi connectivity index (χ4v) is 4.26. The lowest BCUT2D eigenvalue weighted by molar-refractivity contribution is 0.191. The molecule has 1 heterocycles. The monoisotopic (exact) mass is 388 g/mol. The minimum atomic E-state index is -3.49. The van der Waals surface area contributed by atoms with Crippen LogP contribution in [0.2, 0.25) is 0 Å². The summed E-state index contributed by atoms with van der Waals surface area (Å²) in [4.78, 5) is 2.68. The van der Waals surface area contributed by atoms with E-state index in [0.717, 1.165) is 37.7 Å². The summed E-state index contributed by atoms with van der Waals surface area (Å²) in [6, 6.07) is 15.9. The molecule has 0 unspecified atom stereocenters. The molecule has 27 heavy (non-hydrogen) atoms. The Morgan fingerprint density at radius 3 is 2.30 bits per heavy atom. The summed E-state index contributed by atoms with van der Waals surface area (Å²) in [7, 11) is -3.49. The fourth-order valence-electron chi connectivity index (χ4n) is 3.19. The van der Waals surface area contributed by atoms with Gasteiger partial charge in [-0.25, -0.2) is 13.1 Å². The molecule has 146 valence electrons. The highest BCUT2D eigenvalue weighted by Crippen LogP contribution is 2.22. The predicted octanol–water partition coefficient (Wildman–Crippen LogP) is 3.88. The van der Waals surface area contributed by atoms with Crippen LogP contribution < -0.4 is 9.46 Å². The maximum absolute atomic E-state index is 12.4. The standard InChI is InChI=1S/C21H28N2O3S/c1-18-12-16-23(17-13-18)15-5-14-22-27(24,25)21-10-8-20(9-11-21)26-19-6-3-2-4-7-19/h2-4,6-11,18,22H,5,12-17H2,1H3. The summed E-state index contributed by atoms with van der Waals surface area (Å²) in [5, 5.41) is 0. The van der Waals surface area contributed by atoms with Gasteiger partial charge in [0.25, 0.3) is 0 Å². The van der Waals surface area contributed by atoms with E-state index in [2.05, 4.69) is 16.5 Å². The molecule has 6 heteroatoms. The van der Waals surface area contributed by atoms with Crippen LogP contribution in [0.25, 0.3) is 0 Å². The number of likely N-dealkylation sites (tertiary alicyclic amines) is 1. The van der Waals surface area contributed by atoms with Crippen molar-refractivity contribution in [3.8, 4) is 11.5 Å². The van der Waals surface area contributed by atoms with E-state index in [0.29, 0.717) is 12.3 Å². The van der Waals surface area contributed by atoms with Crippen LogP contribution in [0.4, 0.5) is 0 Å². The Hall–Kier alpha value is -1.89. The number of hydrogen-bond acceptors (Lipinski definition) is 4. The summed E-state index contributed by atoms with van der Waals surface area (Å²) < 4.78 is 33.3. The number of ether oxygens (including phenoxy) is 1. The maximum atomic E-state index is 12.4. The highest BCUT2D eigenvalue weighted by Gasteiger charge is 2.16. The highest BCUT2D eigenvalue weighted by molar-refractivity contribution is 7.89. The number of rotatable bonds is 8. The zero-order valence-corrected chi connectivity index (χ0v) is 16.6. The average Bonchev–Trinajstić information content (AvgIpc) is 2.68. The number of nitrogens with one attached hydrogen (secondary N) is 1. The molecule has 2 aromatic rings. The molecule has 3 rings (SSSR count). The molecule has 0 radical (unpaired) electrons. The van der Waals surface area contributed by atoms with Gasteiger partial charge in [0.15, 0.2) is 0 Å². The molecule has 5 nitrogen and oxygen atoms in total. The first kappa shape index (κ1) is 19.9. The Morgan fingerprint density at radius 1 is 1.00 bits per heavy atom. The molecule has 0 bridgehead atoms. The number of hydrogen-bond donors (Lipinski definition) is 1. The third-order valence-electron chi connectivity index (χ3n) is 4.93. The van der Waals surface area contributed by atoms with Crippen molar-refractivity contribution in [2.75, 3.05) is 26.2 Å². The van der Waals surface area contributed by atoms with Gasteiger partial charge in [-0.3, -0.25) is 0 Å². The van der Waals surface area contributed by atoms with Crippen LogP contribution >= 0.6 is 0 Å². The van der Waals surface area contributed by atoms with Crippen molar-refractivity contribution in [3.63, 3.8) is 0 Å². The van der Waals surface area contributed by atoms with Gasteiger partial charge < -0.3 is 9.64 Å². The topological polar surface area (TPSA) is 58.6 Å². The molecular weight excluding hydrogens is 360 g/mol. The summed E-state index contributed by atoms with van der Waals surface area (Å²) in [5.41, 5.74) is 0. The van der Waals surface area contributed by atoms with Gasteiger partial charge in [-0.2, -0.15) is 0 Å². The highest BCUT2D eigenvalue weighted by atomic mass is 32.2. The van der Waals surface area contributed by atoms with E-state index in [1.165, 1.54) is 12.8 Å². The van der Waals surface area contributed by atoms with Crippen LogP contribution in [0.3, 0.4) is 0 Å². The lowest BCUT2D eigenvalue weighted by Crippen LogP contribution is -2.35. The van der Waals surface area contributed by atoms with E-state index >= 15 is 0 Å². The van der Waals surface area contributed by atoms with Gasteiger partial charge in [0.1, 0.15) is 11.5 Å². The van der Waals surface area contributed by atoms with Crippen molar-refractivity contribution >= 4 is 10.0 Å². The number of para-hydroxylation sites is 1. The van der Waals surface area contributed by atoms with Gasteiger partial charge in [0, 0.05) is 6.54 Å². The van der Waals surface area contributed by atoms with Crippen LogP contribution in [0, 0.1) is 5.92 Å². The number of sulfonamides is 1. The second-order valence-electron chi connectivity index (χ2n) is 7.16. The third-order valence-corrected chi connectivity index (χ3v) is 6.41. The van der Waals surface area contributed by atoms with E-state index in [1.807, 2.05) is 30.3 Å². The predicted molar refractivity (Wildman–Crippen MR) is 108 cm³/mol. The molecule has 1 aliphatic rings. The molecular formula is C21H28N2O3S. The van der Waals surface area contributed by atoms with Crippen LogP contribution in [-0.2, 0) is 10.0 Å². The molecule has 1 saturated heterocycles. The van der Waals surface area contributed by atoms with Crippen molar-refractivity contribution < 1.29 is 13.2 Å². The lowest BCUT2D eigenvalue weighted by Gasteiger charge is -2.30. The van der Waals surface area contributed by atoms with E-state index in [-0.39, 0.29) is 4.90 Å². The average molecular weight is 389 g/mol. The van der Waals surface area contributed by atoms with Crippen LogP contribution in [0.5, 0.6) is 11.5 Å². The molecule has 0 aliphatic carbocycles. The smallest absolute Gasteiger partial charge is 0.240 e. The van der Waals surface area contributed by atoms with Gasteiger partial charge in [0.2, 0.25) is 10.0 Å². The largest absolute Gasteiger partial charge is 0.457 e. The SMILES string of the molecule is CC1CCN(CCCNS(=O)(=O)c2ccc(Oc3ccccc3)cc2)CC1. The molecule has 1 fully saturated rings. The summed E-state index contributed by atoms with van der Waals surface area (Å²) in [5.74, 6) is 2.14. The zero-order chi connectivity index (χ0) is 19.1. The Labute approximate surface area is 162 Å². The molecule has 0 atom stereocenters. The first-order valence-corrected chi connectivity index (χ1v) is 11.1. The Morgan fingerprint density at radius 2 is 1.63 bits per heavy atom. The van der Waals surface area contributed by atoms with E-state index in [1.54, 1.807) is 24.3 Å². The number of nitrogens with zero attached hydrogens (tertiary/aromatic N) is 1. The quantitative estimate of drug-likeness (QED) is 0.697. The number of benzene rings is 2. The van der Waals surface area contributed by atoms with Crippen molar-refractivity contribution in [1.82, 2.24) is 9.62 Å². The fraction of sp³-hybridized carbons (Fsp3) is 0.429. The second kappa shape index (κ2) is 9.35. The van der Waals surface area contributed by atoms with E-state index < -0.39 is 10.0 Å². The normalized spacial score (nSPS) is 16.3. The van der Waals surface area contributed by atoms with Gasteiger partial charge in [0.05, 0.1) is 4.90 Å². The molecule has 1 N–H and O–H groups in total. The van der Waals surface area contributed by atoms with Crippen LogP contribution in [-0.4, -0.2) is 39.5 Å². The Balaban J connectivity index is 1.46. The third kappa shape index (κ3) is 6.06. The molecule has 0 spiro atoms. The second-order valence-corrected chi connectivity index (χ2v) is 8.93. The van der Waals surface area contributed by atoms with E-state index in [4.69, 9.17) is 4.74 Å². The van der Waals surface area contributed by atoms with Crippen LogP contribution in [0.1, 0.15) is 26.2 Å². The summed E-state index contributed by atoms with van der Waals surface area (Å²) >= 11 is 0. The van der Waals surface area contributed by atoms with Crippen molar-refractivity contribution in [2.45, 2.75) is 31.1 Å². The molecule has 0 aromatic heterocycles. The van der Waals surface area contributed by atoms with Crippen LogP contribution in [0.15, 0.2) is 59.5 Å². The van der Waals surface area contributed by atoms with Crippen molar-refractivity contribution in [3.05, 3.63) is 54.6 Å². The van der Waals surface area contributed by atoms with Gasteiger partial charge >= 0.3 is 0 Å².